The molecule has 0 saturated heterocycles. The maximum Gasteiger partial charge on any atom is 0.251 e. The van der Waals surface area contributed by atoms with Crippen LogP contribution in [-0.2, 0) is 0 Å². The molecular weight excluding hydrogens is 304 g/mol. The number of carbonyl (C=O) groups is 1. The molecule has 122 valence electrons. The molecule has 2 aliphatic rings. The molecule has 3 N–H and O–H groups in total. The van der Waals surface area contributed by atoms with Gasteiger partial charge in [0.15, 0.2) is 11.5 Å². The average molecular weight is 327 g/mol. The van der Waals surface area contributed by atoms with Gasteiger partial charge in [0.1, 0.15) is 13.2 Å². The first-order chi connectivity index (χ1) is 10.3. The standard InChI is InChI=1S/C16H22N2O3.ClH/c17-10-12-3-1-2-4-13(12)18-16(19)11-5-6-14-15(9-11)21-8-7-20-14;/h5-6,9,12-13H,1-4,7-8,10,17H2,(H,18,19);1H. The molecule has 1 aliphatic heterocycles. The minimum absolute atomic E-state index is 0. The zero-order chi connectivity index (χ0) is 14.7. The lowest BCUT2D eigenvalue weighted by atomic mass is 9.84. The number of ether oxygens (including phenoxy) is 2. The van der Waals surface area contributed by atoms with Gasteiger partial charge in [0.2, 0.25) is 0 Å². The third kappa shape index (κ3) is 3.65. The van der Waals surface area contributed by atoms with Gasteiger partial charge in [-0.2, -0.15) is 0 Å². The highest BCUT2D eigenvalue weighted by Gasteiger charge is 2.26. The van der Waals surface area contributed by atoms with E-state index >= 15 is 0 Å². The Morgan fingerprint density at radius 3 is 2.68 bits per heavy atom. The number of nitrogens with two attached hydrogens (primary N) is 1. The topological polar surface area (TPSA) is 73.6 Å². The molecule has 1 fully saturated rings. The second-order valence-corrected chi connectivity index (χ2v) is 5.72. The van der Waals surface area contributed by atoms with E-state index in [4.69, 9.17) is 15.2 Å². The highest BCUT2D eigenvalue weighted by molar-refractivity contribution is 5.95. The fraction of sp³-hybridized carbons (Fsp3) is 0.562. The Bertz CT molecular complexity index is 524. The molecule has 2 atom stereocenters. The van der Waals surface area contributed by atoms with Crippen LogP contribution in [0.25, 0.3) is 0 Å². The van der Waals surface area contributed by atoms with Crippen molar-refractivity contribution in [1.82, 2.24) is 5.32 Å². The van der Waals surface area contributed by atoms with Crippen molar-refractivity contribution in [2.75, 3.05) is 19.8 Å². The van der Waals surface area contributed by atoms with Crippen LogP contribution in [-0.4, -0.2) is 31.7 Å². The van der Waals surface area contributed by atoms with E-state index in [-0.39, 0.29) is 24.4 Å². The Kier molecular flexibility index (Phi) is 5.91. The first-order valence-corrected chi connectivity index (χ1v) is 7.68. The number of rotatable bonds is 3. The summed E-state index contributed by atoms with van der Waals surface area (Å²) in [7, 11) is 0. The van der Waals surface area contributed by atoms with Crippen molar-refractivity contribution in [3.8, 4) is 11.5 Å². The van der Waals surface area contributed by atoms with Crippen LogP contribution < -0.4 is 20.5 Å². The van der Waals surface area contributed by atoms with Crippen LogP contribution in [0.2, 0.25) is 0 Å². The fourth-order valence-electron chi connectivity index (χ4n) is 3.12. The lowest BCUT2D eigenvalue weighted by Gasteiger charge is -2.31. The molecule has 1 aliphatic carbocycles. The molecule has 1 aromatic carbocycles. The number of carbonyl (C=O) groups excluding carboxylic acids is 1. The smallest absolute Gasteiger partial charge is 0.251 e. The van der Waals surface area contributed by atoms with E-state index in [1.807, 2.05) is 0 Å². The van der Waals surface area contributed by atoms with E-state index in [9.17, 15) is 4.79 Å². The predicted molar refractivity (Wildman–Crippen MR) is 86.9 cm³/mol. The van der Waals surface area contributed by atoms with Crippen molar-refractivity contribution in [3.05, 3.63) is 23.8 Å². The zero-order valence-corrected chi connectivity index (χ0v) is 13.4. The summed E-state index contributed by atoms with van der Waals surface area (Å²) in [5, 5.41) is 3.13. The van der Waals surface area contributed by atoms with Crippen LogP contribution >= 0.6 is 12.4 Å². The third-order valence-corrected chi connectivity index (χ3v) is 4.33. The van der Waals surface area contributed by atoms with Gasteiger partial charge in [-0.3, -0.25) is 4.79 Å². The monoisotopic (exact) mass is 326 g/mol. The Morgan fingerprint density at radius 2 is 1.91 bits per heavy atom. The molecule has 2 unspecified atom stereocenters. The Morgan fingerprint density at radius 1 is 1.18 bits per heavy atom. The van der Waals surface area contributed by atoms with Crippen molar-refractivity contribution in [1.29, 1.82) is 0 Å². The SMILES string of the molecule is Cl.NCC1CCCCC1NC(=O)c1ccc2c(c1)OCCO2. The van der Waals surface area contributed by atoms with Crippen LogP contribution in [0, 0.1) is 5.92 Å². The van der Waals surface area contributed by atoms with E-state index in [1.165, 1.54) is 6.42 Å². The van der Waals surface area contributed by atoms with E-state index in [0.717, 1.165) is 19.3 Å². The predicted octanol–water partition coefficient (Wildman–Crippen LogP) is 2.13. The minimum Gasteiger partial charge on any atom is -0.486 e. The van der Waals surface area contributed by atoms with E-state index in [1.54, 1.807) is 18.2 Å². The molecule has 3 rings (SSSR count). The summed E-state index contributed by atoms with van der Waals surface area (Å²) in [5.41, 5.74) is 6.42. The Balaban J connectivity index is 0.00000176. The second kappa shape index (κ2) is 7.70. The molecule has 0 spiro atoms. The molecule has 22 heavy (non-hydrogen) atoms. The number of fused-ring (bicyclic) bond motifs is 1. The first kappa shape index (κ1) is 16.9. The molecule has 1 aromatic rings. The summed E-state index contributed by atoms with van der Waals surface area (Å²) in [5.74, 6) is 1.68. The van der Waals surface area contributed by atoms with Crippen LogP contribution in [0.5, 0.6) is 11.5 Å². The third-order valence-electron chi connectivity index (χ3n) is 4.33. The summed E-state index contributed by atoms with van der Waals surface area (Å²) in [6.45, 7) is 1.71. The number of halogens is 1. The van der Waals surface area contributed by atoms with Gasteiger partial charge in [-0.05, 0) is 43.5 Å². The lowest BCUT2D eigenvalue weighted by molar-refractivity contribution is 0.0907. The van der Waals surface area contributed by atoms with Crippen molar-refractivity contribution in [2.45, 2.75) is 31.7 Å². The highest BCUT2D eigenvalue weighted by atomic mass is 35.5. The summed E-state index contributed by atoms with van der Waals surface area (Å²) < 4.78 is 11.0. The summed E-state index contributed by atoms with van der Waals surface area (Å²) >= 11 is 0. The van der Waals surface area contributed by atoms with E-state index in [0.29, 0.717) is 42.7 Å². The van der Waals surface area contributed by atoms with Gasteiger partial charge in [0, 0.05) is 11.6 Å². The maximum atomic E-state index is 12.4. The molecule has 1 heterocycles. The van der Waals surface area contributed by atoms with Gasteiger partial charge in [-0.15, -0.1) is 12.4 Å². The molecule has 6 heteroatoms. The quantitative estimate of drug-likeness (QED) is 0.892. The number of amides is 1. The van der Waals surface area contributed by atoms with Crippen LogP contribution in [0.15, 0.2) is 18.2 Å². The van der Waals surface area contributed by atoms with Gasteiger partial charge >= 0.3 is 0 Å². The zero-order valence-electron chi connectivity index (χ0n) is 12.5. The van der Waals surface area contributed by atoms with Gasteiger partial charge in [-0.25, -0.2) is 0 Å². The summed E-state index contributed by atoms with van der Waals surface area (Å²) in [6.07, 6.45) is 4.47. The molecule has 0 radical (unpaired) electrons. The second-order valence-electron chi connectivity index (χ2n) is 5.72. The Labute approximate surface area is 137 Å². The largest absolute Gasteiger partial charge is 0.486 e. The number of nitrogens with one attached hydrogen (secondary N) is 1. The van der Waals surface area contributed by atoms with Crippen LogP contribution in [0.1, 0.15) is 36.0 Å². The van der Waals surface area contributed by atoms with Crippen LogP contribution in [0.4, 0.5) is 0 Å². The Hall–Kier alpha value is -1.46. The van der Waals surface area contributed by atoms with Crippen molar-refractivity contribution >= 4 is 18.3 Å². The summed E-state index contributed by atoms with van der Waals surface area (Å²) in [4.78, 5) is 12.4. The minimum atomic E-state index is -0.0580. The van der Waals surface area contributed by atoms with Crippen LogP contribution in [0.3, 0.4) is 0 Å². The molecule has 5 nitrogen and oxygen atoms in total. The van der Waals surface area contributed by atoms with E-state index < -0.39 is 0 Å². The lowest BCUT2D eigenvalue weighted by Crippen LogP contribution is -2.44. The van der Waals surface area contributed by atoms with Crippen molar-refractivity contribution < 1.29 is 14.3 Å². The maximum absolute atomic E-state index is 12.4. The number of hydrogen-bond acceptors (Lipinski definition) is 4. The van der Waals surface area contributed by atoms with Crippen molar-refractivity contribution in [3.63, 3.8) is 0 Å². The van der Waals surface area contributed by atoms with Gasteiger partial charge in [0.05, 0.1) is 0 Å². The number of hydrogen-bond donors (Lipinski definition) is 2. The first-order valence-electron chi connectivity index (χ1n) is 7.68. The molecule has 1 saturated carbocycles. The van der Waals surface area contributed by atoms with E-state index in [2.05, 4.69) is 5.32 Å². The molecule has 1 amide bonds. The van der Waals surface area contributed by atoms with Gasteiger partial charge < -0.3 is 20.5 Å². The fourth-order valence-corrected chi connectivity index (χ4v) is 3.12. The highest BCUT2D eigenvalue weighted by Crippen LogP contribution is 2.31. The number of benzene rings is 1. The normalized spacial score (nSPS) is 23.3. The van der Waals surface area contributed by atoms with Gasteiger partial charge in [-0.1, -0.05) is 12.8 Å². The molecule has 0 bridgehead atoms. The van der Waals surface area contributed by atoms with Gasteiger partial charge in [0.25, 0.3) is 5.91 Å². The summed E-state index contributed by atoms with van der Waals surface area (Å²) in [6, 6.07) is 5.52. The van der Waals surface area contributed by atoms with Crippen molar-refractivity contribution in [2.24, 2.45) is 11.7 Å². The average Bonchev–Trinajstić information content (AvgIpc) is 2.55. The molecule has 0 aromatic heterocycles. The molecular formula is C16H23ClN2O3.